The summed E-state index contributed by atoms with van der Waals surface area (Å²) in [6.45, 7) is 0.141. The Morgan fingerprint density at radius 1 is 1.38 bits per heavy atom. The fraction of sp³-hybridized carbons (Fsp3) is 0.818. The Balaban J connectivity index is 1.93. The Kier molecular flexibility index (Phi) is 2.21. The Hall–Kier alpha value is -0.710. The third kappa shape index (κ3) is 1.24. The maximum absolute atomic E-state index is 12.1. The molecule has 0 aromatic rings. The standard InChI is InChI=1S/C11H16N2O2S/c1-16-8-3-6-2-7(8)11(4-6)10(15)12-5-9(14)13-11/h6-8H,2-5H2,1H3,(H,12,15)(H,13,14)/t6-,7+,8+,11-/m0/s1. The largest absolute Gasteiger partial charge is 0.345 e. The van der Waals surface area contributed by atoms with Crippen molar-refractivity contribution in [2.75, 3.05) is 12.8 Å². The molecule has 1 saturated heterocycles. The van der Waals surface area contributed by atoms with Gasteiger partial charge in [0.15, 0.2) is 0 Å². The van der Waals surface area contributed by atoms with Gasteiger partial charge in [-0.05, 0) is 31.4 Å². The molecule has 16 heavy (non-hydrogen) atoms. The first-order valence-corrected chi connectivity index (χ1v) is 7.06. The van der Waals surface area contributed by atoms with E-state index in [-0.39, 0.29) is 18.4 Å². The van der Waals surface area contributed by atoms with Gasteiger partial charge in [0.1, 0.15) is 5.54 Å². The topological polar surface area (TPSA) is 58.2 Å². The summed E-state index contributed by atoms with van der Waals surface area (Å²) in [4.78, 5) is 23.6. The summed E-state index contributed by atoms with van der Waals surface area (Å²) in [5.41, 5.74) is -0.577. The molecule has 0 aromatic carbocycles. The third-order valence-corrected chi connectivity index (χ3v) is 5.45. The first kappa shape index (κ1) is 10.4. The highest BCUT2D eigenvalue weighted by atomic mass is 32.2. The number of nitrogens with one attached hydrogen (secondary N) is 2. The third-order valence-electron chi connectivity index (χ3n) is 4.33. The lowest BCUT2D eigenvalue weighted by atomic mass is 9.78. The SMILES string of the molecule is CS[C@@H]1C[C@@H]2C[C@H]1[C@]1(C2)NC(=O)CNC1=O. The molecule has 5 heteroatoms. The first-order valence-electron chi connectivity index (χ1n) is 5.78. The molecule has 0 unspecified atom stereocenters. The van der Waals surface area contributed by atoms with Gasteiger partial charge in [0, 0.05) is 11.2 Å². The number of hydrogen-bond acceptors (Lipinski definition) is 3. The Bertz CT molecular complexity index is 360. The number of rotatable bonds is 1. The zero-order chi connectivity index (χ0) is 11.3. The second-order valence-electron chi connectivity index (χ2n) is 5.12. The summed E-state index contributed by atoms with van der Waals surface area (Å²) >= 11 is 1.84. The molecule has 2 bridgehead atoms. The van der Waals surface area contributed by atoms with Crippen LogP contribution in [0, 0.1) is 11.8 Å². The fourth-order valence-corrected chi connectivity index (χ4v) is 4.86. The zero-order valence-electron chi connectivity index (χ0n) is 9.29. The molecule has 2 saturated carbocycles. The van der Waals surface area contributed by atoms with Gasteiger partial charge < -0.3 is 10.6 Å². The number of thioether (sulfide) groups is 1. The highest BCUT2D eigenvalue weighted by Crippen LogP contribution is 2.54. The Morgan fingerprint density at radius 2 is 2.19 bits per heavy atom. The van der Waals surface area contributed by atoms with Gasteiger partial charge in [-0.3, -0.25) is 9.59 Å². The quantitative estimate of drug-likeness (QED) is 0.685. The Labute approximate surface area is 98.9 Å². The van der Waals surface area contributed by atoms with Gasteiger partial charge >= 0.3 is 0 Å². The van der Waals surface area contributed by atoms with Gasteiger partial charge in [0.2, 0.25) is 11.8 Å². The lowest BCUT2D eigenvalue weighted by molar-refractivity contribution is -0.140. The predicted octanol–water partition coefficient (Wildman–Crippen LogP) is 0.133. The van der Waals surface area contributed by atoms with Crippen molar-refractivity contribution in [3.05, 3.63) is 0 Å². The molecule has 4 atom stereocenters. The minimum absolute atomic E-state index is 0.0352. The van der Waals surface area contributed by atoms with Crippen molar-refractivity contribution in [2.24, 2.45) is 11.8 Å². The second kappa shape index (κ2) is 3.39. The summed E-state index contributed by atoms with van der Waals surface area (Å²) in [5.74, 6) is 0.953. The molecule has 2 amide bonds. The van der Waals surface area contributed by atoms with E-state index < -0.39 is 5.54 Å². The lowest BCUT2D eigenvalue weighted by Crippen LogP contribution is -2.69. The van der Waals surface area contributed by atoms with Gasteiger partial charge in [-0.15, -0.1) is 0 Å². The van der Waals surface area contributed by atoms with Crippen molar-refractivity contribution in [3.63, 3.8) is 0 Å². The normalized spacial score (nSPS) is 45.9. The van der Waals surface area contributed by atoms with Gasteiger partial charge in [0.25, 0.3) is 0 Å². The van der Waals surface area contributed by atoms with Gasteiger partial charge in [-0.2, -0.15) is 11.8 Å². The lowest BCUT2D eigenvalue weighted by Gasteiger charge is -2.42. The minimum atomic E-state index is -0.577. The van der Waals surface area contributed by atoms with Crippen LogP contribution >= 0.6 is 11.8 Å². The van der Waals surface area contributed by atoms with Crippen molar-refractivity contribution < 1.29 is 9.59 Å². The average molecular weight is 240 g/mol. The van der Waals surface area contributed by atoms with Crippen LogP contribution in [0.5, 0.6) is 0 Å². The maximum Gasteiger partial charge on any atom is 0.246 e. The number of fused-ring (bicyclic) bond motifs is 3. The van der Waals surface area contributed by atoms with Crippen LogP contribution in [0.3, 0.4) is 0 Å². The highest BCUT2D eigenvalue weighted by molar-refractivity contribution is 7.99. The van der Waals surface area contributed by atoms with E-state index >= 15 is 0 Å². The van der Waals surface area contributed by atoms with Crippen LogP contribution in [0.2, 0.25) is 0 Å². The van der Waals surface area contributed by atoms with Crippen LogP contribution < -0.4 is 10.6 Å². The van der Waals surface area contributed by atoms with Crippen LogP contribution in [0.25, 0.3) is 0 Å². The minimum Gasteiger partial charge on any atom is -0.345 e. The van der Waals surface area contributed by atoms with Gasteiger partial charge in [-0.25, -0.2) is 0 Å². The van der Waals surface area contributed by atoms with Crippen LogP contribution in [-0.2, 0) is 9.59 Å². The van der Waals surface area contributed by atoms with E-state index in [9.17, 15) is 9.59 Å². The monoisotopic (exact) mass is 240 g/mol. The summed E-state index contributed by atoms with van der Waals surface area (Å²) in [6.07, 6.45) is 5.24. The molecule has 1 spiro atoms. The highest BCUT2D eigenvalue weighted by Gasteiger charge is 2.61. The fourth-order valence-electron chi connectivity index (χ4n) is 3.73. The molecule has 3 aliphatic rings. The number of hydrogen-bond donors (Lipinski definition) is 2. The van der Waals surface area contributed by atoms with Crippen molar-refractivity contribution in [3.8, 4) is 0 Å². The van der Waals surface area contributed by atoms with Crippen molar-refractivity contribution >= 4 is 23.6 Å². The molecular weight excluding hydrogens is 224 g/mol. The average Bonchev–Trinajstić information content (AvgIpc) is 2.81. The molecule has 2 aliphatic carbocycles. The van der Waals surface area contributed by atoms with Crippen LogP contribution in [0.4, 0.5) is 0 Å². The summed E-state index contributed by atoms with van der Waals surface area (Å²) in [5, 5.41) is 6.24. The molecule has 1 heterocycles. The van der Waals surface area contributed by atoms with E-state index in [1.807, 2.05) is 11.8 Å². The van der Waals surface area contributed by atoms with E-state index in [1.165, 1.54) is 6.42 Å². The summed E-state index contributed by atoms with van der Waals surface area (Å²) < 4.78 is 0. The molecule has 3 rings (SSSR count). The van der Waals surface area contributed by atoms with E-state index in [4.69, 9.17) is 0 Å². The molecule has 0 radical (unpaired) electrons. The predicted molar refractivity (Wildman–Crippen MR) is 62.0 cm³/mol. The van der Waals surface area contributed by atoms with Crippen LogP contribution in [0.15, 0.2) is 0 Å². The summed E-state index contributed by atoms with van der Waals surface area (Å²) in [6, 6.07) is 0. The van der Waals surface area contributed by atoms with Gasteiger partial charge in [-0.1, -0.05) is 0 Å². The number of piperazine rings is 1. The Morgan fingerprint density at radius 3 is 2.88 bits per heavy atom. The zero-order valence-corrected chi connectivity index (χ0v) is 10.1. The number of carbonyl (C=O) groups is 2. The number of carbonyl (C=O) groups excluding carboxylic acids is 2. The van der Waals surface area contributed by atoms with Crippen LogP contribution in [-0.4, -0.2) is 35.4 Å². The number of amides is 2. The molecule has 88 valence electrons. The smallest absolute Gasteiger partial charge is 0.246 e. The summed E-state index contributed by atoms with van der Waals surface area (Å²) in [7, 11) is 0. The van der Waals surface area contributed by atoms with Crippen molar-refractivity contribution in [2.45, 2.75) is 30.1 Å². The van der Waals surface area contributed by atoms with Gasteiger partial charge in [0.05, 0.1) is 6.54 Å². The molecule has 2 N–H and O–H groups in total. The molecule has 1 aliphatic heterocycles. The molecular formula is C11H16N2O2S. The van der Waals surface area contributed by atoms with E-state index in [1.54, 1.807) is 0 Å². The first-order chi connectivity index (χ1) is 7.65. The van der Waals surface area contributed by atoms with E-state index in [2.05, 4.69) is 16.9 Å². The second-order valence-corrected chi connectivity index (χ2v) is 6.20. The van der Waals surface area contributed by atoms with Crippen molar-refractivity contribution in [1.82, 2.24) is 10.6 Å². The maximum atomic E-state index is 12.1. The van der Waals surface area contributed by atoms with E-state index in [0.717, 1.165) is 12.8 Å². The van der Waals surface area contributed by atoms with Crippen LogP contribution in [0.1, 0.15) is 19.3 Å². The molecule has 0 aromatic heterocycles. The molecule has 3 fully saturated rings. The van der Waals surface area contributed by atoms with E-state index in [0.29, 0.717) is 17.1 Å². The molecule has 4 nitrogen and oxygen atoms in total. The van der Waals surface area contributed by atoms with Crippen molar-refractivity contribution in [1.29, 1.82) is 0 Å².